The summed E-state index contributed by atoms with van der Waals surface area (Å²) in [6.45, 7) is 1.58. The molecule has 0 radical (unpaired) electrons. The second-order valence-corrected chi connectivity index (χ2v) is 8.21. The van der Waals surface area contributed by atoms with Crippen molar-refractivity contribution in [1.29, 1.82) is 0 Å². The van der Waals surface area contributed by atoms with Crippen LogP contribution in [-0.4, -0.2) is 22.0 Å². The van der Waals surface area contributed by atoms with Crippen LogP contribution in [0.25, 0.3) is 10.8 Å². The SMILES string of the molecule is CC[C@@H]1C[C@](O)(C(F)(F)F)[C@@H](Nc2cccc3c(=O)occc23)c2cc(Cl)c(F)c(O)c21. The van der Waals surface area contributed by atoms with Crippen molar-refractivity contribution >= 4 is 28.1 Å². The fourth-order valence-corrected chi connectivity index (χ4v) is 4.63. The number of nitrogens with one attached hydrogen (secondary N) is 1. The summed E-state index contributed by atoms with van der Waals surface area (Å²) in [7, 11) is 0. The van der Waals surface area contributed by atoms with Gasteiger partial charge in [0.05, 0.1) is 22.7 Å². The topological polar surface area (TPSA) is 82.7 Å². The van der Waals surface area contributed by atoms with Gasteiger partial charge in [0.1, 0.15) is 0 Å². The molecule has 1 aliphatic carbocycles. The molecule has 0 saturated carbocycles. The fraction of sp³-hybridized carbons (Fsp3) is 0.318. The van der Waals surface area contributed by atoms with Crippen LogP contribution in [-0.2, 0) is 0 Å². The third kappa shape index (κ3) is 3.31. The minimum absolute atomic E-state index is 0.0411. The summed E-state index contributed by atoms with van der Waals surface area (Å²) in [4.78, 5) is 12.0. The van der Waals surface area contributed by atoms with E-state index in [1.807, 2.05) is 0 Å². The zero-order chi connectivity index (χ0) is 23.4. The molecule has 170 valence electrons. The van der Waals surface area contributed by atoms with Crippen molar-refractivity contribution in [2.24, 2.45) is 0 Å². The quantitative estimate of drug-likeness (QED) is 0.431. The van der Waals surface area contributed by atoms with Crippen LogP contribution in [0.2, 0.25) is 5.02 Å². The molecule has 0 bridgehead atoms. The number of hydrogen-bond acceptors (Lipinski definition) is 5. The van der Waals surface area contributed by atoms with Gasteiger partial charge in [0.2, 0.25) is 0 Å². The predicted molar refractivity (Wildman–Crippen MR) is 111 cm³/mol. The van der Waals surface area contributed by atoms with Gasteiger partial charge in [-0.3, -0.25) is 0 Å². The van der Waals surface area contributed by atoms with Crippen LogP contribution in [0.5, 0.6) is 5.75 Å². The molecule has 0 fully saturated rings. The molecule has 3 aromatic rings. The van der Waals surface area contributed by atoms with Gasteiger partial charge in [-0.15, -0.1) is 0 Å². The summed E-state index contributed by atoms with van der Waals surface area (Å²) >= 11 is 5.85. The van der Waals surface area contributed by atoms with Crippen LogP contribution in [0, 0.1) is 5.82 Å². The molecule has 0 spiro atoms. The van der Waals surface area contributed by atoms with E-state index in [2.05, 4.69) is 5.32 Å². The number of hydrogen-bond donors (Lipinski definition) is 3. The van der Waals surface area contributed by atoms with Crippen LogP contribution in [0.3, 0.4) is 0 Å². The first kappa shape index (κ1) is 22.4. The molecule has 5 nitrogen and oxygen atoms in total. The maximum atomic E-state index is 14.3. The first-order valence-electron chi connectivity index (χ1n) is 9.76. The maximum absolute atomic E-state index is 14.3. The van der Waals surface area contributed by atoms with Crippen LogP contribution >= 0.6 is 11.6 Å². The van der Waals surface area contributed by atoms with Gasteiger partial charge in [0, 0.05) is 16.6 Å². The number of alkyl halides is 3. The highest BCUT2D eigenvalue weighted by Crippen LogP contribution is 2.56. The average molecular weight is 472 g/mol. The van der Waals surface area contributed by atoms with Gasteiger partial charge in [-0.1, -0.05) is 24.6 Å². The molecule has 4 rings (SSSR count). The minimum Gasteiger partial charge on any atom is -0.505 e. The molecule has 3 atom stereocenters. The lowest BCUT2D eigenvalue weighted by molar-refractivity contribution is -0.272. The minimum atomic E-state index is -5.07. The van der Waals surface area contributed by atoms with Crippen LogP contribution in [0.1, 0.15) is 42.9 Å². The number of phenols is 1. The van der Waals surface area contributed by atoms with Gasteiger partial charge in [-0.05, 0) is 48.6 Å². The smallest absolute Gasteiger partial charge is 0.419 e. The third-order valence-electron chi connectivity index (χ3n) is 6.04. The maximum Gasteiger partial charge on any atom is 0.419 e. The van der Waals surface area contributed by atoms with Crippen molar-refractivity contribution in [3.63, 3.8) is 0 Å². The van der Waals surface area contributed by atoms with Crippen LogP contribution in [0.4, 0.5) is 23.2 Å². The van der Waals surface area contributed by atoms with E-state index >= 15 is 0 Å². The van der Waals surface area contributed by atoms with Gasteiger partial charge in [0.15, 0.2) is 17.2 Å². The molecule has 1 aliphatic rings. The summed E-state index contributed by atoms with van der Waals surface area (Å²) in [5.41, 5.74) is -4.05. The van der Waals surface area contributed by atoms with Crippen LogP contribution < -0.4 is 10.9 Å². The normalized spacial score (nSPS) is 23.2. The van der Waals surface area contributed by atoms with E-state index in [0.29, 0.717) is 0 Å². The van der Waals surface area contributed by atoms with Crippen molar-refractivity contribution in [2.75, 3.05) is 5.32 Å². The van der Waals surface area contributed by atoms with Crippen molar-refractivity contribution in [3.8, 4) is 5.75 Å². The molecule has 1 aromatic heterocycles. The van der Waals surface area contributed by atoms with E-state index in [1.54, 1.807) is 6.92 Å². The Bertz CT molecular complexity index is 1260. The molecule has 0 unspecified atom stereocenters. The summed E-state index contributed by atoms with van der Waals surface area (Å²) in [6.07, 6.45) is -4.66. The molecule has 1 heterocycles. The number of aliphatic hydroxyl groups is 1. The fourth-order valence-electron chi connectivity index (χ4n) is 4.42. The Labute approximate surface area is 184 Å². The lowest BCUT2D eigenvalue weighted by atomic mass is 9.69. The van der Waals surface area contributed by atoms with Gasteiger partial charge in [0.25, 0.3) is 0 Å². The number of aromatic hydroxyl groups is 1. The molecule has 32 heavy (non-hydrogen) atoms. The first-order chi connectivity index (χ1) is 15.0. The van der Waals surface area contributed by atoms with E-state index in [0.717, 1.165) is 12.3 Å². The Kier molecular flexibility index (Phi) is 5.37. The van der Waals surface area contributed by atoms with Crippen molar-refractivity contribution in [1.82, 2.24) is 0 Å². The number of rotatable bonds is 3. The Hall–Kier alpha value is -2.78. The highest BCUT2D eigenvalue weighted by molar-refractivity contribution is 6.31. The summed E-state index contributed by atoms with van der Waals surface area (Å²) in [6, 6.07) is 4.88. The standard InChI is InChI=1S/C22H18ClF4NO4/c1-2-10-9-21(31,22(25,26)27)19(13-8-14(23)17(24)18(29)16(10)13)28-15-5-3-4-12-11(15)6-7-32-20(12)30/h3-8,10,19,28-29,31H,2,9H2,1H3/t10-,19+,21-/m1/s1. The number of fused-ring (bicyclic) bond motifs is 2. The number of halogens is 5. The van der Waals surface area contributed by atoms with Crippen molar-refractivity contribution < 1.29 is 32.2 Å². The first-order valence-corrected chi connectivity index (χ1v) is 10.1. The summed E-state index contributed by atoms with van der Waals surface area (Å²) < 4.78 is 61.8. The molecule has 0 aliphatic heterocycles. The van der Waals surface area contributed by atoms with Gasteiger partial charge in [-0.25, -0.2) is 9.18 Å². The highest BCUT2D eigenvalue weighted by Gasteiger charge is 2.62. The Morgan fingerprint density at radius 3 is 2.66 bits per heavy atom. The largest absolute Gasteiger partial charge is 0.505 e. The second-order valence-electron chi connectivity index (χ2n) is 7.81. The molecule has 0 saturated heterocycles. The lowest BCUT2D eigenvalue weighted by Gasteiger charge is -2.46. The number of phenolic OH excluding ortho intramolecular Hbond substituents is 1. The summed E-state index contributed by atoms with van der Waals surface area (Å²) in [5.74, 6) is -2.95. The van der Waals surface area contributed by atoms with E-state index < -0.39 is 52.4 Å². The molecule has 2 aromatic carbocycles. The molecular formula is C22H18ClF4NO4. The summed E-state index contributed by atoms with van der Waals surface area (Å²) in [5, 5.41) is 23.8. The van der Waals surface area contributed by atoms with Crippen molar-refractivity contribution in [3.05, 3.63) is 69.0 Å². The van der Waals surface area contributed by atoms with E-state index in [-0.39, 0.29) is 34.0 Å². The zero-order valence-electron chi connectivity index (χ0n) is 16.6. The Morgan fingerprint density at radius 1 is 1.28 bits per heavy atom. The second kappa shape index (κ2) is 7.67. The van der Waals surface area contributed by atoms with Crippen molar-refractivity contribution in [2.45, 2.75) is 43.5 Å². The van der Waals surface area contributed by atoms with Crippen LogP contribution in [0.15, 0.2) is 45.8 Å². The third-order valence-corrected chi connectivity index (χ3v) is 6.31. The monoisotopic (exact) mass is 471 g/mol. The molecule has 0 amide bonds. The molecular weight excluding hydrogens is 454 g/mol. The predicted octanol–water partition coefficient (Wildman–Crippen LogP) is 5.64. The number of anilines is 1. The van der Waals surface area contributed by atoms with Gasteiger partial charge in [-0.2, -0.15) is 13.2 Å². The van der Waals surface area contributed by atoms with Gasteiger partial charge < -0.3 is 19.9 Å². The highest BCUT2D eigenvalue weighted by atomic mass is 35.5. The number of benzene rings is 2. The van der Waals surface area contributed by atoms with Gasteiger partial charge >= 0.3 is 11.8 Å². The Balaban J connectivity index is 1.98. The van der Waals surface area contributed by atoms with E-state index in [9.17, 15) is 32.6 Å². The average Bonchev–Trinajstić information content (AvgIpc) is 2.73. The Morgan fingerprint density at radius 2 is 2.00 bits per heavy atom. The molecule has 3 N–H and O–H groups in total. The molecule has 10 heteroatoms. The zero-order valence-corrected chi connectivity index (χ0v) is 17.4. The lowest BCUT2D eigenvalue weighted by Crippen LogP contribution is -2.55. The van der Waals surface area contributed by atoms with E-state index in [4.69, 9.17) is 16.0 Å². The van der Waals surface area contributed by atoms with E-state index in [1.165, 1.54) is 24.3 Å².